The molecule has 0 aromatic heterocycles. The molecule has 1 aromatic rings. The largest absolute Gasteiger partial charge is 0.417 e. The van der Waals surface area contributed by atoms with Gasteiger partial charge in [-0.15, -0.1) is 0 Å². The van der Waals surface area contributed by atoms with Crippen LogP contribution in [0.4, 0.5) is 39.5 Å². The molecule has 1 nitrogen and oxygen atoms in total. The van der Waals surface area contributed by atoms with Gasteiger partial charge in [0.05, 0.1) is 22.8 Å². The molecule has 0 fully saturated rings. The van der Waals surface area contributed by atoms with Crippen LogP contribution in [0.15, 0.2) is 12.1 Å². The molecule has 0 spiro atoms. The molecule has 138 valence electrons. The van der Waals surface area contributed by atoms with Crippen molar-refractivity contribution in [2.45, 2.75) is 45.4 Å². The molecule has 10 heteroatoms. The quantitative estimate of drug-likeness (QED) is 0.619. The van der Waals surface area contributed by atoms with Crippen LogP contribution in [0, 0.1) is 5.41 Å². The zero-order chi connectivity index (χ0) is 19.3. The third-order valence-corrected chi connectivity index (χ3v) is 3.22. The lowest BCUT2D eigenvalue weighted by Crippen LogP contribution is -2.25. The zero-order valence-corrected chi connectivity index (χ0v) is 12.6. The van der Waals surface area contributed by atoms with Gasteiger partial charge >= 0.3 is 18.5 Å². The predicted octanol–water partition coefficient (Wildman–Crippen LogP) is 5.82. The maximum atomic E-state index is 13.0. The molecule has 0 radical (unpaired) electrons. The summed E-state index contributed by atoms with van der Waals surface area (Å²) in [5.74, 6) is 0. The van der Waals surface area contributed by atoms with Gasteiger partial charge in [-0.3, -0.25) is 0 Å². The molecule has 0 amide bonds. The Balaban J connectivity index is 3.89. The van der Waals surface area contributed by atoms with Gasteiger partial charge < -0.3 is 5.11 Å². The lowest BCUT2D eigenvalue weighted by Gasteiger charge is -2.30. The molecule has 1 rings (SSSR count). The van der Waals surface area contributed by atoms with Gasteiger partial charge in [0.25, 0.3) is 0 Å². The van der Waals surface area contributed by atoms with E-state index in [2.05, 4.69) is 0 Å². The lowest BCUT2D eigenvalue weighted by molar-refractivity contribution is -0.164. The zero-order valence-electron chi connectivity index (χ0n) is 12.6. The van der Waals surface area contributed by atoms with Crippen molar-refractivity contribution >= 4 is 0 Å². The van der Waals surface area contributed by atoms with Gasteiger partial charge in [-0.2, -0.15) is 39.5 Å². The highest BCUT2D eigenvalue weighted by atomic mass is 19.4. The molecule has 0 heterocycles. The Morgan fingerprint density at radius 2 is 1.00 bits per heavy atom. The average Bonchev–Trinajstić information content (AvgIpc) is 2.31. The van der Waals surface area contributed by atoms with Crippen LogP contribution in [-0.2, 0) is 18.5 Å². The first-order valence-corrected chi connectivity index (χ1v) is 6.44. The Bertz CT molecular complexity index is 603. The highest BCUT2D eigenvalue weighted by Gasteiger charge is 2.47. The monoisotopic (exact) mass is 368 g/mol. The summed E-state index contributed by atoms with van der Waals surface area (Å²) in [6.45, 7) is 3.72. The van der Waals surface area contributed by atoms with Crippen molar-refractivity contribution < 1.29 is 44.6 Å². The van der Waals surface area contributed by atoms with E-state index in [4.69, 9.17) is 0 Å². The van der Waals surface area contributed by atoms with E-state index >= 15 is 0 Å². The number of rotatable bonds is 1. The summed E-state index contributed by atoms with van der Waals surface area (Å²) < 4.78 is 116. The van der Waals surface area contributed by atoms with Crippen molar-refractivity contribution in [3.8, 4) is 0 Å². The minimum absolute atomic E-state index is 0.276. The van der Waals surface area contributed by atoms with Crippen LogP contribution < -0.4 is 0 Å². The van der Waals surface area contributed by atoms with E-state index < -0.39 is 58.4 Å². The van der Waals surface area contributed by atoms with E-state index in [1.807, 2.05) is 0 Å². The van der Waals surface area contributed by atoms with E-state index in [1.54, 1.807) is 0 Å². The van der Waals surface area contributed by atoms with E-state index in [0.717, 1.165) is 0 Å². The molecule has 0 aliphatic heterocycles. The first-order valence-electron chi connectivity index (χ1n) is 6.44. The average molecular weight is 368 g/mol. The van der Waals surface area contributed by atoms with E-state index in [9.17, 15) is 44.6 Å². The Hall–Kier alpha value is -1.45. The third kappa shape index (κ3) is 4.34. The van der Waals surface area contributed by atoms with Crippen molar-refractivity contribution in [2.75, 3.05) is 0 Å². The first-order chi connectivity index (χ1) is 10.4. The predicted molar refractivity (Wildman–Crippen MR) is 65.9 cm³/mol. The second-order valence-electron chi connectivity index (χ2n) is 6.25. The summed E-state index contributed by atoms with van der Waals surface area (Å²) in [6, 6.07) is -0.880. The summed E-state index contributed by atoms with van der Waals surface area (Å²) in [4.78, 5) is 0. The molecule has 1 atom stereocenters. The third-order valence-electron chi connectivity index (χ3n) is 3.22. The van der Waals surface area contributed by atoms with Gasteiger partial charge in [0.1, 0.15) is 0 Å². The standard InChI is InChI=1S/C14H13F9O/c1-11(2,3)10(24)6-4-8(13(18,19)20)9(14(21,22)23)5-7(6)12(15,16)17/h4-5,10,24H,1-3H3. The number of aliphatic hydroxyl groups is 1. The minimum Gasteiger partial charge on any atom is -0.388 e. The van der Waals surface area contributed by atoms with E-state index in [1.165, 1.54) is 20.8 Å². The number of hydrogen-bond acceptors (Lipinski definition) is 1. The molecular formula is C14H13F9O. The topological polar surface area (TPSA) is 20.2 Å². The highest BCUT2D eigenvalue weighted by molar-refractivity contribution is 5.44. The minimum atomic E-state index is -5.64. The maximum Gasteiger partial charge on any atom is 0.417 e. The molecule has 1 unspecified atom stereocenters. The Kier molecular flexibility index (Phi) is 4.99. The fourth-order valence-corrected chi connectivity index (χ4v) is 2.02. The van der Waals surface area contributed by atoms with Gasteiger partial charge in [-0.1, -0.05) is 20.8 Å². The molecule has 0 saturated heterocycles. The summed E-state index contributed by atoms with van der Waals surface area (Å²) in [5, 5.41) is 9.94. The smallest absolute Gasteiger partial charge is 0.388 e. The van der Waals surface area contributed by atoms with Gasteiger partial charge in [0.15, 0.2) is 0 Å². The number of benzene rings is 1. The molecule has 0 aliphatic carbocycles. The van der Waals surface area contributed by atoms with Crippen LogP contribution in [0.1, 0.15) is 49.1 Å². The first kappa shape index (κ1) is 20.6. The van der Waals surface area contributed by atoms with Crippen LogP contribution in [-0.4, -0.2) is 5.11 Å². The van der Waals surface area contributed by atoms with E-state index in [-0.39, 0.29) is 6.07 Å². The fraction of sp³-hybridized carbons (Fsp3) is 0.571. The number of hydrogen-bond donors (Lipinski definition) is 1. The van der Waals surface area contributed by atoms with Gasteiger partial charge in [0, 0.05) is 0 Å². The molecule has 1 N–H and O–H groups in total. The molecule has 0 bridgehead atoms. The molecule has 0 aliphatic rings. The van der Waals surface area contributed by atoms with Crippen molar-refractivity contribution in [1.82, 2.24) is 0 Å². The van der Waals surface area contributed by atoms with Crippen molar-refractivity contribution in [3.63, 3.8) is 0 Å². The van der Waals surface area contributed by atoms with Crippen molar-refractivity contribution in [3.05, 3.63) is 34.4 Å². The van der Waals surface area contributed by atoms with Crippen LogP contribution in [0.25, 0.3) is 0 Å². The normalized spacial score (nSPS) is 15.5. The summed E-state index contributed by atoms with van der Waals surface area (Å²) >= 11 is 0. The maximum absolute atomic E-state index is 13.0. The second-order valence-corrected chi connectivity index (χ2v) is 6.25. The number of alkyl halides is 9. The summed E-state index contributed by atoms with van der Waals surface area (Å²) in [6.07, 6.45) is -18.6. The SMILES string of the molecule is CC(C)(C)C(O)c1cc(C(F)(F)F)c(C(F)(F)F)cc1C(F)(F)F. The van der Waals surface area contributed by atoms with E-state index in [0.29, 0.717) is 0 Å². The summed E-state index contributed by atoms with van der Waals surface area (Å²) in [7, 11) is 0. The van der Waals surface area contributed by atoms with Gasteiger partial charge in [-0.05, 0) is 23.1 Å². The van der Waals surface area contributed by atoms with Crippen LogP contribution in [0.3, 0.4) is 0 Å². The number of aliphatic hydroxyl groups excluding tert-OH is 1. The molecular weight excluding hydrogens is 355 g/mol. The Morgan fingerprint density at radius 1 is 0.667 bits per heavy atom. The fourth-order valence-electron chi connectivity index (χ4n) is 2.02. The lowest BCUT2D eigenvalue weighted by atomic mass is 9.81. The molecule has 1 aromatic carbocycles. The highest BCUT2D eigenvalue weighted by Crippen LogP contribution is 2.47. The van der Waals surface area contributed by atoms with Crippen molar-refractivity contribution in [2.24, 2.45) is 5.41 Å². The molecule has 0 saturated carbocycles. The Labute approximate surface area is 131 Å². The molecule has 24 heavy (non-hydrogen) atoms. The van der Waals surface area contributed by atoms with Crippen LogP contribution >= 0.6 is 0 Å². The van der Waals surface area contributed by atoms with Crippen molar-refractivity contribution in [1.29, 1.82) is 0 Å². The van der Waals surface area contributed by atoms with Gasteiger partial charge in [-0.25, -0.2) is 0 Å². The second kappa shape index (κ2) is 5.82. The van der Waals surface area contributed by atoms with Crippen LogP contribution in [0.5, 0.6) is 0 Å². The summed E-state index contributed by atoms with van der Waals surface area (Å²) in [5.41, 5.74) is -9.27. The van der Waals surface area contributed by atoms with Gasteiger partial charge in [0.2, 0.25) is 0 Å². The number of halogens is 9. The Morgan fingerprint density at radius 3 is 1.29 bits per heavy atom. The van der Waals surface area contributed by atoms with Crippen LogP contribution in [0.2, 0.25) is 0 Å².